The lowest BCUT2D eigenvalue weighted by molar-refractivity contribution is -0.121. The van der Waals surface area contributed by atoms with Gasteiger partial charge in [-0.2, -0.15) is 0 Å². The quantitative estimate of drug-likeness (QED) is 0.881. The van der Waals surface area contributed by atoms with Gasteiger partial charge >= 0.3 is 0 Å². The first-order valence-corrected chi connectivity index (χ1v) is 7.20. The van der Waals surface area contributed by atoms with Crippen molar-refractivity contribution in [3.05, 3.63) is 29.3 Å². The Morgan fingerprint density at radius 1 is 1.25 bits per heavy atom. The van der Waals surface area contributed by atoms with Crippen LogP contribution in [0.5, 0.6) is 0 Å². The fourth-order valence-corrected chi connectivity index (χ4v) is 3.83. The van der Waals surface area contributed by atoms with Crippen LogP contribution in [-0.2, 0) is 4.79 Å². The molecule has 0 radical (unpaired) electrons. The summed E-state index contributed by atoms with van der Waals surface area (Å²) in [7, 11) is 0. The minimum atomic E-state index is 0. The highest BCUT2D eigenvalue weighted by Crippen LogP contribution is 2.47. The van der Waals surface area contributed by atoms with Crippen molar-refractivity contribution < 1.29 is 4.79 Å². The molecule has 3 nitrogen and oxygen atoms in total. The summed E-state index contributed by atoms with van der Waals surface area (Å²) >= 11 is 0. The summed E-state index contributed by atoms with van der Waals surface area (Å²) < 4.78 is 0. The summed E-state index contributed by atoms with van der Waals surface area (Å²) in [5.41, 5.74) is 9.51. The molecule has 110 valence electrons. The van der Waals surface area contributed by atoms with Crippen LogP contribution in [0.3, 0.4) is 0 Å². The molecule has 0 aliphatic heterocycles. The molecule has 4 atom stereocenters. The topological polar surface area (TPSA) is 55.1 Å². The maximum atomic E-state index is 12.5. The van der Waals surface area contributed by atoms with Gasteiger partial charge in [0, 0.05) is 11.7 Å². The van der Waals surface area contributed by atoms with Gasteiger partial charge in [-0.05, 0) is 62.1 Å². The summed E-state index contributed by atoms with van der Waals surface area (Å²) in [6.07, 6.45) is 3.52. The lowest BCUT2D eigenvalue weighted by atomic mass is 9.84. The standard InChI is InChI=1S/C16H22N2O.ClH/c1-9-4-3-5-13(10(9)2)18-16(19)14-11-6-7-12(8-11)15(14)17;/h3-5,11-12,14-15H,6-8,17H2,1-2H3,(H,18,19);1H. The number of fused-ring (bicyclic) bond motifs is 2. The zero-order chi connectivity index (χ0) is 13.6. The van der Waals surface area contributed by atoms with E-state index in [2.05, 4.69) is 18.3 Å². The van der Waals surface area contributed by atoms with E-state index >= 15 is 0 Å². The fraction of sp³-hybridized carbons (Fsp3) is 0.562. The van der Waals surface area contributed by atoms with Gasteiger partial charge in [-0.3, -0.25) is 4.79 Å². The molecule has 4 unspecified atom stereocenters. The molecule has 2 fully saturated rings. The van der Waals surface area contributed by atoms with Gasteiger partial charge in [-0.1, -0.05) is 12.1 Å². The van der Waals surface area contributed by atoms with Crippen molar-refractivity contribution in [2.75, 3.05) is 5.32 Å². The maximum Gasteiger partial charge on any atom is 0.229 e. The number of amides is 1. The highest BCUT2D eigenvalue weighted by atomic mass is 35.5. The third-order valence-corrected chi connectivity index (χ3v) is 5.15. The van der Waals surface area contributed by atoms with Crippen LogP contribution in [0.1, 0.15) is 30.4 Å². The molecule has 3 N–H and O–H groups in total. The number of hydrogen-bond donors (Lipinski definition) is 2. The summed E-state index contributed by atoms with van der Waals surface area (Å²) in [5, 5.41) is 3.09. The average molecular weight is 295 g/mol. The van der Waals surface area contributed by atoms with Crippen molar-refractivity contribution in [1.82, 2.24) is 0 Å². The molecule has 1 amide bonds. The molecule has 1 aromatic rings. The van der Waals surface area contributed by atoms with Crippen molar-refractivity contribution in [3.63, 3.8) is 0 Å². The van der Waals surface area contributed by atoms with E-state index in [1.165, 1.54) is 18.4 Å². The number of rotatable bonds is 2. The van der Waals surface area contributed by atoms with Crippen LogP contribution in [0.4, 0.5) is 5.69 Å². The van der Waals surface area contributed by atoms with E-state index in [0.29, 0.717) is 11.8 Å². The van der Waals surface area contributed by atoms with Gasteiger partial charge in [0.25, 0.3) is 0 Å². The Bertz CT molecular complexity index is 515. The van der Waals surface area contributed by atoms with Crippen LogP contribution in [0, 0.1) is 31.6 Å². The number of nitrogens with two attached hydrogens (primary N) is 1. The number of nitrogens with one attached hydrogen (secondary N) is 1. The molecular formula is C16H23ClN2O. The SMILES string of the molecule is Cc1cccc(NC(=O)C2C3CCC(C3)C2N)c1C.Cl. The van der Waals surface area contributed by atoms with Crippen molar-refractivity contribution >= 4 is 24.0 Å². The number of carbonyl (C=O) groups is 1. The summed E-state index contributed by atoms with van der Waals surface area (Å²) in [6.45, 7) is 4.11. The molecule has 20 heavy (non-hydrogen) atoms. The second-order valence-corrected chi connectivity index (χ2v) is 6.17. The summed E-state index contributed by atoms with van der Waals surface area (Å²) in [6, 6.07) is 6.08. The number of carbonyl (C=O) groups excluding carboxylic acids is 1. The molecule has 1 aromatic carbocycles. The van der Waals surface area contributed by atoms with Crippen molar-refractivity contribution in [1.29, 1.82) is 0 Å². The molecule has 0 saturated heterocycles. The summed E-state index contributed by atoms with van der Waals surface area (Å²) in [5.74, 6) is 1.21. The van der Waals surface area contributed by atoms with E-state index in [0.717, 1.165) is 17.7 Å². The smallest absolute Gasteiger partial charge is 0.229 e. The fourth-order valence-electron chi connectivity index (χ4n) is 3.83. The van der Waals surface area contributed by atoms with E-state index in [-0.39, 0.29) is 30.3 Å². The second-order valence-electron chi connectivity index (χ2n) is 6.17. The first-order chi connectivity index (χ1) is 9.08. The number of anilines is 1. The molecule has 2 saturated carbocycles. The van der Waals surface area contributed by atoms with Gasteiger partial charge in [0.1, 0.15) is 0 Å². The van der Waals surface area contributed by atoms with Crippen LogP contribution in [0.2, 0.25) is 0 Å². The van der Waals surface area contributed by atoms with Crippen LogP contribution < -0.4 is 11.1 Å². The zero-order valence-electron chi connectivity index (χ0n) is 12.1. The average Bonchev–Trinajstić information content (AvgIpc) is 2.95. The van der Waals surface area contributed by atoms with Crippen LogP contribution >= 0.6 is 12.4 Å². The zero-order valence-corrected chi connectivity index (χ0v) is 12.9. The van der Waals surface area contributed by atoms with Crippen molar-refractivity contribution in [2.24, 2.45) is 23.5 Å². The largest absolute Gasteiger partial charge is 0.327 e. The Kier molecular flexibility index (Phi) is 4.40. The normalized spacial score (nSPS) is 30.9. The van der Waals surface area contributed by atoms with Gasteiger partial charge in [0.2, 0.25) is 5.91 Å². The first-order valence-electron chi connectivity index (χ1n) is 7.20. The third-order valence-electron chi connectivity index (χ3n) is 5.15. The van der Waals surface area contributed by atoms with Gasteiger partial charge in [0.15, 0.2) is 0 Å². The number of halogens is 1. The highest BCUT2D eigenvalue weighted by molar-refractivity contribution is 5.94. The predicted octanol–water partition coefficient (Wildman–Crippen LogP) is 3.04. The first kappa shape index (κ1) is 15.3. The number of aryl methyl sites for hydroxylation is 1. The molecular weight excluding hydrogens is 272 g/mol. The maximum absolute atomic E-state index is 12.5. The molecule has 0 spiro atoms. The Labute approximate surface area is 126 Å². The number of hydrogen-bond acceptors (Lipinski definition) is 2. The summed E-state index contributed by atoms with van der Waals surface area (Å²) in [4.78, 5) is 12.5. The van der Waals surface area contributed by atoms with E-state index < -0.39 is 0 Å². The third kappa shape index (κ3) is 2.45. The van der Waals surface area contributed by atoms with Crippen LogP contribution in [-0.4, -0.2) is 11.9 Å². The molecule has 2 bridgehead atoms. The number of benzene rings is 1. The lowest BCUT2D eigenvalue weighted by Gasteiger charge is -2.27. The molecule has 2 aliphatic carbocycles. The van der Waals surface area contributed by atoms with E-state index in [1.807, 2.05) is 19.1 Å². The minimum Gasteiger partial charge on any atom is -0.327 e. The molecule has 3 rings (SSSR count). The van der Waals surface area contributed by atoms with Crippen molar-refractivity contribution in [2.45, 2.75) is 39.2 Å². The lowest BCUT2D eigenvalue weighted by Crippen LogP contribution is -2.42. The molecule has 0 heterocycles. The Morgan fingerprint density at radius 3 is 2.60 bits per heavy atom. The van der Waals surface area contributed by atoms with Crippen LogP contribution in [0.15, 0.2) is 18.2 Å². The van der Waals surface area contributed by atoms with Crippen molar-refractivity contribution in [3.8, 4) is 0 Å². The van der Waals surface area contributed by atoms with E-state index in [4.69, 9.17) is 5.73 Å². The Morgan fingerprint density at radius 2 is 1.95 bits per heavy atom. The molecule has 0 aromatic heterocycles. The van der Waals surface area contributed by atoms with Gasteiger partial charge in [-0.25, -0.2) is 0 Å². The highest BCUT2D eigenvalue weighted by Gasteiger charge is 2.49. The second kappa shape index (κ2) is 5.74. The van der Waals surface area contributed by atoms with Crippen LogP contribution in [0.25, 0.3) is 0 Å². The van der Waals surface area contributed by atoms with Gasteiger partial charge < -0.3 is 11.1 Å². The van der Waals surface area contributed by atoms with Gasteiger partial charge in [-0.15, -0.1) is 12.4 Å². The monoisotopic (exact) mass is 294 g/mol. The predicted molar refractivity (Wildman–Crippen MR) is 84.1 cm³/mol. The molecule has 2 aliphatic rings. The Balaban J connectivity index is 0.00000147. The Hall–Kier alpha value is -1.06. The minimum absolute atomic E-state index is 0. The molecule has 4 heteroatoms. The van der Waals surface area contributed by atoms with E-state index in [1.54, 1.807) is 0 Å². The van der Waals surface area contributed by atoms with Gasteiger partial charge in [0.05, 0.1) is 5.92 Å². The van der Waals surface area contributed by atoms with E-state index in [9.17, 15) is 4.79 Å².